The smallest absolute Gasteiger partial charge is 0.276 e. The zero-order chi connectivity index (χ0) is 17.7. The highest BCUT2D eigenvalue weighted by molar-refractivity contribution is 9.13. The van der Waals surface area contributed by atoms with E-state index in [0.29, 0.717) is 26.7 Å². The monoisotopic (exact) mass is 546 g/mol. The molecule has 1 aromatic carbocycles. The molecule has 2 aliphatic heterocycles. The van der Waals surface area contributed by atoms with Crippen molar-refractivity contribution in [1.29, 1.82) is 0 Å². The molecule has 0 spiro atoms. The minimum Gasteiger partial charge on any atom is -0.449 e. The molecule has 1 amide bonds. The highest BCUT2D eigenvalue weighted by atomic mass is 79.9. The molecule has 4 rings (SSSR count). The summed E-state index contributed by atoms with van der Waals surface area (Å²) in [4.78, 5) is 17.5. The molecule has 2 aromatic rings. The second kappa shape index (κ2) is 6.57. The van der Waals surface area contributed by atoms with Crippen LogP contribution in [0.1, 0.15) is 11.9 Å². The summed E-state index contributed by atoms with van der Waals surface area (Å²) in [6.45, 7) is 0. The molecule has 0 fully saturated rings. The van der Waals surface area contributed by atoms with Gasteiger partial charge < -0.3 is 4.42 Å². The summed E-state index contributed by atoms with van der Waals surface area (Å²) in [6.07, 6.45) is 1.28. The van der Waals surface area contributed by atoms with Crippen LogP contribution in [-0.2, 0) is 4.79 Å². The maximum absolute atomic E-state index is 12.7. The van der Waals surface area contributed by atoms with Crippen LogP contribution < -0.4 is 15.9 Å². The lowest BCUT2D eigenvalue weighted by atomic mass is 10.1. The van der Waals surface area contributed by atoms with Crippen molar-refractivity contribution >= 4 is 76.3 Å². The van der Waals surface area contributed by atoms with Gasteiger partial charge in [0.2, 0.25) is 6.17 Å². The number of hydrogen-bond acceptors (Lipinski definition) is 6. The number of carbonyl (C=O) groups excluding carboxylic acids is 1. The Labute approximate surface area is 171 Å². The molecule has 25 heavy (non-hydrogen) atoms. The number of hydrazone groups is 1. The highest BCUT2D eigenvalue weighted by Crippen LogP contribution is 2.36. The van der Waals surface area contributed by atoms with Crippen LogP contribution in [0.4, 0.5) is 0 Å². The van der Waals surface area contributed by atoms with Crippen LogP contribution >= 0.6 is 59.6 Å². The van der Waals surface area contributed by atoms with E-state index in [9.17, 15) is 4.79 Å². The van der Waals surface area contributed by atoms with E-state index in [1.807, 2.05) is 30.5 Å². The van der Waals surface area contributed by atoms with Crippen molar-refractivity contribution in [1.82, 2.24) is 10.3 Å². The molecule has 3 heterocycles. The van der Waals surface area contributed by atoms with Crippen LogP contribution in [0, 0.1) is 0 Å². The third-order valence-electron chi connectivity index (χ3n) is 3.68. The van der Waals surface area contributed by atoms with Gasteiger partial charge in [-0.05, 0) is 62.4 Å². The summed E-state index contributed by atoms with van der Waals surface area (Å²) in [6, 6.07) is 7.44. The zero-order valence-electron chi connectivity index (χ0n) is 12.6. The molecule has 0 saturated carbocycles. The maximum atomic E-state index is 12.7. The van der Waals surface area contributed by atoms with Crippen molar-refractivity contribution in [3.63, 3.8) is 0 Å². The second-order valence-corrected chi connectivity index (χ2v) is 8.48. The van der Waals surface area contributed by atoms with Gasteiger partial charge in [-0.3, -0.25) is 10.1 Å². The number of fused-ring (bicyclic) bond motifs is 2. The van der Waals surface area contributed by atoms with Crippen molar-refractivity contribution in [2.45, 2.75) is 6.17 Å². The highest BCUT2D eigenvalue weighted by Gasteiger charge is 2.36. The molecule has 0 radical (unpaired) electrons. The Morgan fingerprint density at radius 3 is 2.76 bits per heavy atom. The van der Waals surface area contributed by atoms with Gasteiger partial charge >= 0.3 is 0 Å². The summed E-state index contributed by atoms with van der Waals surface area (Å²) in [5.41, 5.74) is 0.442. The van der Waals surface area contributed by atoms with Crippen molar-refractivity contribution in [3.8, 4) is 0 Å². The van der Waals surface area contributed by atoms with Crippen LogP contribution in [0.3, 0.4) is 0 Å². The molecule has 128 valence electrons. The average molecular weight is 549 g/mol. The lowest BCUT2D eigenvalue weighted by Gasteiger charge is -2.32. The van der Waals surface area contributed by atoms with E-state index in [-0.39, 0.29) is 5.91 Å². The first-order chi connectivity index (χ1) is 12.0. The van der Waals surface area contributed by atoms with Gasteiger partial charge in [-0.1, -0.05) is 27.7 Å². The molecule has 0 bridgehead atoms. The predicted molar refractivity (Wildman–Crippen MR) is 106 cm³/mol. The Kier molecular flexibility index (Phi) is 4.55. The van der Waals surface area contributed by atoms with Gasteiger partial charge in [0.25, 0.3) is 5.91 Å². The maximum Gasteiger partial charge on any atom is 0.276 e. The van der Waals surface area contributed by atoms with Crippen molar-refractivity contribution < 1.29 is 9.21 Å². The third kappa shape index (κ3) is 2.98. The Hall–Kier alpha value is -1.10. The van der Waals surface area contributed by atoms with Gasteiger partial charge in [0.1, 0.15) is 5.70 Å². The van der Waals surface area contributed by atoms with Crippen LogP contribution in [0.2, 0.25) is 0 Å². The number of furan rings is 1. The molecule has 1 N–H and O–H groups in total. The molecule has 1 atom stereocenters. The Balaban J connectivity index is 2.01. The van der Waals surface area contributed by atoms with Crippen molar-refractivity contribution in [3.05, 3.63) is 54.2 Å². The van der Waals surface area contributed by atoms with Gasteiger partial charge in [-0.15, -0.1) is 5.10 Å². The fraction of sp³-hybridized carbons (Fsp3) is 0.133. The molecular formula is C15H9Br3N4O2S. The van der Waals surface area contributed by atoms with E-state index < -0.39 is 6.17 Å². The van der Waals surface area contributed by atoms with E-state index in [1.165, 1.54) is 11.8 Å². The van der Waals surface area contributed by atoms with E-state index in [1.54, 1.807) is 5.01 Å². The first-order valence-electron chi connectivity index (χ1n) is 7.03. The van der Waals surface area contributed by atoms with Crippen molar-refractivity contribution in [2.24, 2.45) is 10.1 Å². The minimum atomic E-state index is -0.570. The molecular weight excluding hydrogens is 540 g/mol. The predicted octanol–water partition coefficient (Wildman–Crippen LogP) is 3.07. The summed E-state index contributed by atoms with van der Waals surface area (Å²) in [7, 11) is 0. The molecule has 0 aliphatic carbocycles. The fourth-order valence-electron chi connectivity index (χ4n) is 2.62. The number of nitrogens with one attached hydrogen (secondary N) is 1. The third-order valence-corrected chi connectivity index (χ3v) is 6.46. The van der Waals surface area contributed by atoms with Gasteiger partial charge in [0.15, 0.2) is 15.6 Å². The number of benzene rings is 1. The van der Waals surface area contributed by atoms with Crippen LogP contribution in [0.25, 0.3) is 5.70 Å². The Morgan fingerprint density at radius 1 is 1.28 bits per heavy atom. The molecule has 1 unspecified atom stereocenters. The summed E-state index contributed by atoms with van der Waals surface area (Å²) in [5, 5.41) is 10.9. The quantitative estimate of drug-likeness (QED) is 0.595. The number of halogens is 3. The largest absolute Gasteiger partial charge is 0.449 e. The van der Waals surface area contributed by atoms with Crippen LogP contribution in [0.5, 0.6) is 0 Å². The number of nitrogens with zero attached hydrogens (tertiary/aromatic N) is 3. The summed E-state index contributed by atoms with van der Waals surface area (Å²) in [5.74, 6) is 0.354. The number of rotatable bonds is 1. The first kappa shape index (κ1) is 17.3. The second-order valence-electron chi connectivity index (χ2n) is 5.19. The SMILES string of the molecule is CSC1=NN2C(=c3cc(Br)ccc3=NC2c2cc(Br)c(Br)o2)C(=O)N1. The summed E-state index contributed by atoms with van der Waals surface area (Å²) >= 11 is 11.6. The summed E-state index contributed by atoms with van der Waals surface area (Å²) < 4.78 is 7.95. The molecule has 6 nitrogen and oxygen atoms in total. The van der Waals surface area contributed by atoms with Crippen molar-refractivity contribution in [2.75, 3.05) is 6.26 Å². The number of thioether (sulfide) groups is 1. The standard InChI is InChI=1S/C15H9Br3N4O2S/c1-25-15-20-14(23)11-7-4-6(16)2-3-9(7)19-13(22(11)21-15)10-5-8(17)12(18)24-10/h2-5,13H,1H3,(H,20,21,23). The lowest BCUT2D eigenvalue weighted by Crippen LogP contribution is -2.50. The minimum absolute atomic E-state index is 0.219. The van der Waals surface area contributed by atoms with E-state index >= 15 is 0 Å². The molecule has 10 heteroatoms. The van der Waals surface area contributed by atoms with Gasteiger partial charge in [0, 0.05) is 9.69 Å². The molecule has 1 aromatic heterocycles. The average Bonchev–Trinajstić information content (AvgIpc) is 2.92. The normalized spacial score (nSPS) is 19.0. The van der Waals surface area contributed by atoms with Gasteiger partial charge in [-0.2, -0.15) is 0 Å². The lowest BCUT2D eigenvalue weighted by molar-refractivity contribution is -0.116. The topological polar surface area (TPSA) is 70.2 Å². The number of carbonyl (C=O) groups is 1. The number of amidine groups is 1. The first-order valence-corrected chi connectivity index (χ1v) is 10.6. The van der Waals surface area contributed by atoms with E-state index in [0.717, 1.165) is 14.2 Å². The van der Waals surface area contributed by atoms with Gasteiger partial charge in [0.05, 0.1) is 9.83 Å². The zero-order valence-corrected chi connectivity index (χ0v) is 18.2. The Bertz CT molecular complexity index is 1030. The number of amides is 1. The fourth-order valence-corrected chi connectivity index (χ4v) is 3.95. The van der Waals surface area contributed by atoms with Crippen LogP contribution in [0.15, 0.2) is 52.4 Å². The Morgan fingerprint density at radius 2 is 2.08 bits per heavy atom. The molecule has 0 saturated heterocycles. The van der Waals surface area contributed by atoms with E-state index in [2.05, 4.69) is 58.2 Å². The van der Waals surface area contributed by atoms with Crippen LogP contribution in [-0.4, -0.2) is 22.3 Å². The van der Waals surface area contributed by atoms with Gasteiger partial charge in [-0.25, -0.2) is 10.0 Å². The molecule has 2 aliphatic rings. The van der Waals surface area contributed by atoms with E-state index in [4.69, 9.17) is 9.41 Å². The number of hydrogen-bond donors (Lipinski definition) is 1.